The first-order valence-electron chi connectivity index (χ1n) is 5.79. The molecule has 0 aliphatic rings. The highest BCUT2D eigenvalue weighted by molar-refractivity contribution is 5.89. The van der Waals surface area contributed by atoms with Gasteiger partial charge >= 0.3 is 5.97 Å². The molecule has 0 spiro atoms. The summed E-state index contributed by atoms with van der Waals surface area (Å²) in [5, 5.41) is 0. The van der Waals surface area contributed by atoms with E-state index in [0.29, 0.717) is 18.4 Å². The predicted molar refractivity (Wildman–Crippen MR) is 67.9 cm³/mol. The molecule has 2 aromatic rings. The lowest BCUT2D eigenvalue weighted by molar-refractivity contribution is -0.140. The van der Waals surface area contributed by atoms with Gasteiger partial charge in [0.25, 0.3) is 0 Å². The van der Waals surface area contributed by atoms with E-state index in [2.05, 4.69) is 4.74 Å². The summed E-state index contributed by atoms with van der Waals surface area (Å²) in [5.74, 6) is -0.243. The minimum absolute atomic E-state index is 0.243. The van der Waals surface area contributed by atoms with Crippen molar-refractivity contribution in [1.29, 1.82) is 0 Å². The molecule has 0 fully saturated rings. The highest BCUT2D eigenvalue weighted by Gasteiger charge is 2.14. The SMILES string of the molecule is COC(=O)CCc1c(C)c(C=O)c2ccccn12. The van der Waals surface area contributed by atoms with Gasteiger partial charge in [-0.15, -0.1) is 0 Å². The van der Waals surface area contributed by atoms with Crippen LogP contribution in [0.5, 0.6) is 0 Å². The number of rotatable bonds is 4. The van der Waals surface area contributed by atoms with Gasteiger partial charge in [-0.25, -0.2) is 0 Å². The minimum Gasteiger partial charge on any atom is -0.469 e. The second-order valence-corrected chi connectivity index (χ2v) is 4.14. The van der Waals surface area contributed by atoms with E-state index in [1.165, 1.54) is 7.11 Å². The van der Waals surface area contributed by atoms with Crippen LogP contribution in [0, 0.1) is 6.92 Å². The maximum absolute atomic E-state index is 11.2. The Kier molecular flexibility index (Phi) is 3.46. The molecule has 0 aliphatic carbocycles. The molecule has 0 saturated carbocycles. The number of carbonyl (C=O) groups excluding carboxylic acids is 2. The Labute approximate surface area is 105 Å². The summed E-state index contributed by atoms with van der Waals surface area (Å²) in [5.41, 5.74) is 3.48. The number of methoxy groups -OCH3 is 1. The lowest BCUT2D eigenvalue weighted by atomic mass is 10.1. The van der Waals surface area contributed by atoms with E-state index >= 15 is 0 Å². The van der Waals surface area contributed by atoms with E-state index in [0.717, 1.165) is 23.1 Å². The largest absolute Gasteiger partial charge is 0.469 e. The molecule has 0 saturated heterocycles. The van der Waals surface area contributed by atoms with Gasteiger partial charge in [0.15, 0.2) is 6.29 Å². The molecule has 0 unspecified atom stereocenters. The molecular formula is C14H15NO3. The van der Waals surface area contributed by atoms with Crippen LogP contribution in [0.3, 0.4) is 0 Å². The quantitative estimate of drug-likeness (QED) is 0.612. The van der Waals surface area contributed by atoms with Gasteiger partial charge in [-0.2, -0.15) is 0 Å². The van der Waals surface area contributed by atoms with E-state index in [1.807, 2.05) is 35.7 Å². The number of hydrogen-bond donors (Lipinski definition) is 0. The van der Waals surface area contributed by atoms with Crippen LogP contribution in [-0.4, -0.2) is 23.8 Å². The number of aromatic nitrogens is 1. The monoisotopic (exact) mass is 245 g/mol. The molecule has 0 amide bonds. The van der Waals surface area contributed by atoms with Crippen molar-refractivity contribution < 1.29 is 14.3 Å². The van der Waals surface area contributed by atoms with Crippen molar-refractivity contribution in [3.8, 4) is 0 Å². The Bertz CT molecular complexity index is 598. The number of hydrogen-bond acceptors (Lipinski definition) is 3. The van der Waals surface area contributed by atoms with Gasteiger partial charge in [0.2, 0.25) is 0 Å². The number of aryl methyl sites for hydroxylation is 1. The summed E-state index contributed by atoms with van der Waals surface area (Å²) >= 11 is 0. The molecule has 18 heavy (non-hydrogen) atoms. The first kappa shape index (κ1) is 12.4. The Balaban J connectivity index is 2.46. The second-order valence-electron chi connectivity index (χ2n) is 4.14. The van der Waals surface area contributed by atoms with Gasteiger partial charge in [-0.05, 0) is 31.0 Å². The number of fused-ring (bicyclic) bond motifs is 1. The summed E-state index contributed by atoms with van der Waals surface area (Å²) in [6.45, 7) is 1.91. The van der Waals surface area contributed by atoms with Crippen molar-refractivity contribution in [2.24, 2.45) is 0 Å². The first-order valence-corrected chi connectivity index (χ1v) is 5.79. The average molecular weight is 245 g/mol. The van der Waals surface area contributed by atoms with Gasteiger partial charge in [0.1, 0.15) is 0 Å². The predicted octanol–water partition coefficient (Wildman–Crippen LogP) is 2.17. The van der Waals surface area contributed by atoms with Crippen LogP contribution in [0.1, 0.15) is 28.0 Å². The minimum atomic E-state index is -0.243. The van der Waals surface area contributed by atoms with Crippen LogP contribution >= 0.6 is 0 Å². The first-order chi connectivity index (χ1) is 8.69. The number of nitrogens with zero attached hydrogens (tertiary/aromatic N) is 1. The fraction of sp³-hybridized carbons (Fsp3) is 0.286. The third-order valence-electron chi connectivity index (χ3n) is 3.17. The summed E-state index contributed by atoms with van der Waals surface area (Å²) in [7, 11) is 1.38. The van der Waals surface area contributed by atoms with Crippen molar-refractivity contribution >= 4 is 17.8 Å². The molecule has 0 aromatic carbocycles. The van der Waals surface area contributed by atoms with Crippen molar-refractivity contribution in [2.45, 2.75) is 19.8 Å². The fourth-order valence-electron chi connectivity index (χ4n) is 2.21. The van der Waals surface area contributed by atoms with Crippen LogP contribution in [-0.2, 0) is 16.0 Å². The van der Waals surface area contributed by atoms with Gasteiger partial charge < -0.3 is 9.14 Å². The molecule has 0 N–H and O–H groups in total. The van der Waals surface area contributed by atoms with Gasteiger partial charge in [0.05, 0.1) is 19.0 Å². The Morgan fingerprint density at radius 2 is 2.22 bits per heavy atom. The van der Waals surface area contributed by atoms with Crippen molar-refractivity contribution in [3.63, 3.8) is 0 Å². The molecule has 0 atom stereocenters. The summed E-state index contributed by atoms with van der Waals surface area (Å²) in [6, 6.07) is 5.70. The van der Waals surface area contributed by atoms with Crippen LogP contribution < -0.4 is 0 Å². The Hall–Kier alpha value is -2.10. The molecule has 0 aliphatic heterocycles. The van der Waals surface area contributed by atoms with Gasteiger partial charge in [-0.3, -0.25) is 9.59 Å². The average Bonchev–Trinajstić information content (AvgIpc) is 2.67. The zero-order chi connectivity index (χ0) is 13.1. The Morgan fingerprint density at radius 3 is 2.89 bits per heavy atom. The maximum Gasteiger partial charge on any atom is 0.305 e. The van der Waals surface area contributed by atoms with Crippen LogP contribution in [0.2, 0.25) is 0 Å². The number of ether oxygens (including phenoxy) is 1. The van der Waals surface area contributed by atoms with Crippen molar-refractivity contribution in [2.75, 3.05) is 7.11 Å². The van der Waals surface area contributed by atoms with Gasteiger partial charge in [-0.1, -0.05) is 6.07 Å². The van der Waals surface area contributed by atoms with Crippen LogP contribution in [0.15, 0.2) is 24.4 Å². The van der Waals surface area contributed by atoms with E-state index < -0.39 is 0 Å². The van der Waals surface area contributed by atoms with E-state index in [4.69, 9.17) is 0 Å². The van der Waals surface area contributed by atoms with E-state index in [1.54, 1.807) is 0 Å². The summed E-state index contributed by atoms with van der Waals surface area (Å²) in [6.07, 6.45) is 3.66. The topological polar surface area (TPSA) is 47.8 Å². The van der Waals surface area contributed by atoms with Crippen molar-refractivity contribution in [1.82, 2.24) is 4.40 Å². The number of pyridine rings is 1. The third-order valence-corrected chi connectivity index (χ3v) is 3.17. The molecule has 4 heteroatoms. The standard InChI is InChI=1S/C14H15NO3/c1-10-11(9-16)13-5-3-4-8-15(13)12(10)6-7-14(17)18-2/h3-5,8-9H,6-7H2,1-2H3. The maximum atomic E-state index is 11.2. The third kappa shape index (κ3) is 2.01. The van der Waals surface area contributed by atoms with E-state index in [-0.39, 0.29) is 5.97 Å². The molecule has 2 rings (SSSR count). The van der Waals surface area contributed by atoms with E-state index in [9.17, 15) is 9.59 Å². The zero-order valence-electron chi connectivity index (χ0n) is 10.5. The lowest BCUT2D eigenvalue weighted by Crippen LogP contribution is -2.04. The molecule has 0 radical (unpaired) electrons. The smallest absolute Gasteiger partial charge is 0.305 e. The Morgan fingerprint density at radius 1 is 1.44 bits per heavy atom. The van der Waals surface area contributed by atoms with Crippen LogP contribution in [0.25, 0.3) is 5.52 Å². The second kappa shape index (κ2) is 5.04. The van der Waals surface area contributed by atoms with Crippen molar-refractivity contribution in [3.05, 3.63) is 41.2 Å². The number of aldehydes is 1. The molecule has 2 heterocycles. The normalized spacial score (nSPS) is 10.6. The molecule has 94 valence electrons. The zero-order valence-corrected chi connectivity index (χ0v) is 10.5. The lowest BCUT2D eigenvalue weighted by Gasteiger charge is -2.03. The number of esters is 1. The fourth-order valence-corrected chi connectivity index (χ4v) is 2.21. The number of carbonyl (C=O) groups is 2. The molecular weight excluding hydrogens is 230 g/mol. The molecule has 0 bridgehead atoms. The highest BCUT2D eigenvalue weighted by Crippen LogP contribution is 2.22. The molecule has 2 aromatic heterocycles. The van der Waals surface area contributed by atoms with Gasteiger partial charge in [0, 0.05) is 17.5 Å². The highest BCUT2D eigenvalue weighted by atomic mass is 16.5. The van der Waals surface area contributed by atoms with Crippen LogP contribution in [0.4, 0.5) is 0 Å². The summed E-state index contributed by atoms with van der Waals surface area (Å²) < 4.78 is 6.60. The summed E-state index contributed by atoms with van der Waals surface area (Å²) in [4.78, 5) is 22.4. The molecule has 4 nitrogen and oxygen atoms in total.